The van der Waals surface area contributed by atoms with E-state index in [0.717, 1.165) is 11.1 Å². The third-order valence-electron chi connectivity index (χ3n) is 3.93. The van der Waals surface area contributed by atoms with Crippen LogP contribution in [0.25, 0.3) is 6.08 Å². The maximum atomic E-state index is 12.5. The number of amides is 1. The van der Waals surface area contributed by atoms with Gasteiger partial charge in [-0.15, -0.1) is 0 Å². The van der Waals surface area contributed by atoms with Crippen molar-refractivity contribution in [1.82, 2.24) is 0 Å². The maximum Gasteiger partial charge on any atom is 0.387 e. The van der Waals surface area contributed by atoms with Crippen molar-refractivity contribution >= 4 is 17.7 Å². The lowest BCUT2D eigenvalue weighted by Gasteiger charge is -2.11. The molecule has 140 valence electrons. The number of alkyl halides is 2. The number of nitrogens with zero attached hydrogens (tertiary/aromatic N) is 1. The standard InChI is InChI=1S/C20H18F2N2O3/c1-12-5-4-6-16(13(12)2)24-19(25)15(11-23)9-14-7-8-17(26-3)18(10-14)27-20(21)22/h4-10,20H,1-3H3,(H,24,25)/b15-9+. The van der Waals surface area contributed by atoms with E-state index in [1.165, 1.54) is 31.4 Å². The third-order valence-corrected chi connectivity index (χ3v) is 3.93. The van der Waals surface area contributed by atoms with Crippen LogP contribution in [0, 0.1) is 25.2 Å². The Morgan fingerprint density at radius 1 is 1.22 bits per heavy atom. The number of carbonyl (C=O) groups is 1. The van der Waals surface area contributed by atoms with Crippen LogP contribution in [0.2, 0.25) is 0 Å². The first-order chi connectivity index (χ1) is 12.8. The van der Waals surface area contributed by atoms with E-state index in [1.807, 2.05) is 26.0 Å². The zero-order valence-corrected chi connectivity index (χ0v) is 15.0. The molecule has 0 aliphatic carbocycles. The Hall–Kier alpha value is -3.40. The van der Waals surface area contributed by atoms with Gasteiger partial charge in [-0.3, -0.25) is 4.79 Å². The van der Waals surface area contributed by atoms with Gasteiger partial charge in [0.15, 0.2) is 11.5 Å². The zero-order valence-electron chi connectivity index (χ0n) is 15.0. The molecule has 5 nitrogen and oxygen atoms in total. The van der Waals surface area contributed by atoms with E-state index < -0.39 is 12.5 Å². The van der Waals surface area contributed by atoms with Gasteiger partial charge < -0.3 is 14.8 Å². The molecule has 0 aliphatic rings. The number of rotatable bonds is 6. The Morgan fingerprint density at radius 2 is 1.96 bits per heavy atom. The van der Waals surface area contributed by atoms with Crippen LogP contribution < -0.4 is 14.8 Å². The second-order valence-electron chi connectivity index (χ2n) is 5.66. The highest BCUT2D eigenvalue weighted by molar-refractivity contribution is 6.10. The average Bonchev–Trinajstić information content (AvgIpc) is 2.63. The van der Waals surface area contributed by atoms with E-state index in [-0.39, 0.29) is 17.1 Å². The summed E-state index contributed by atoms with van der Waals surface area (Å²) < 4.78 is 34.4. The van der Waals surface area contributed by atoms with Crippen molar-refractivity contribution < 1.29 is 23.0 Å². The molecule has 0 bridgehead atoms. The van der Waals surface area contributed by atoms with Crippen LogP contribution in [0.4, 0.5) is 14.5 Å². The van der Waals surface area contributed by atoms with E-state index in [4.69, 9.17) is 4.74 Å². The fourth-order valence-electron chi connectivity index (χ4n) is 2.36. The van der Waals surface area contributed by atoms with Gasteiger partial charge in [0, 0.05) is 5.69 Å². The highest BCUT2D eigenvalue weighted by Crippen LogP contribution is 2.30. The monoisotopic (exact) mass is 372 g/mol. The number of hydrogen-bond donors (Lipinski definition) is 1. The molecule has 2 aromatic rings. The predicted molar refractivity (Wildman–Crippen MR) is 97.8 cm³/mol. The van der Waals surface area contributed by atoms with Gasteiger partial charge in [0.2, 0.25) is 0 Å². The maximum absolute atomic E-state index is 12.5. The van der Waals surface area contributed by atoms with Gasteiger partial charge in [-0.25, -0.2) is 0 Å². The van der Waals surface area contributed by atoms with Gasteiger partial charge in [0.1, 0.15) is 11.6 Å². The smallest absolute Gasteiger partial charge is 0.387 e. The van der Waals surface area contributed by atoms with Crippen molar-refractivity contribution in [1.29, 1.82) is 5.26 Å². The molecule has 1 amide bonds. The van der Waals surface area contributed by atoms with E-state index in [9.17, 15) is 18.8 Å². The molecule has 0 unspecified atom stereocenters. The number of benzene rings is 2. The summed E-state index contributed by atoms with van der Waals surface area (Å²) in [5.74, 6) is -0.669. The molecule has 2 rings (SSSR count). The van der Waals surface area contributed by atoms with Crippen LogP contribution in [0.15, 0.2) is 42.0 Å². The molecule has 0 aromatic heterocycles. The molecule has 0 saturated heterocycles. The Labute approximate surface area is 155 Å². The van der Waals surface area contributed by atoms with E-state index in [0.29, 0.717) is 11.3 Å². The highest BCUT2D eigenvalue weighted by atomic mass is 19.3. The lowest BCUT2D eigenvalue weighted by molar-refractivity contribution is -0.112. The molecular formula is C20H18F2N2O3. The summed E-state index contributed by atoms with van der Waals surface area (Å²) >= 11 is 0. The first kappa shape index (κ1) is 19.9. The fraction of sp³-hybridized carbons (Fsp3) is 0.200. The van der Waals surface area contributed by atoms with E-state index in [2.05, 4.69) is 10.1 Å². The van der Waals surface area contributed by atoms with Crippen LogP contribution in [0.5, 0.6) is 11.5 Å². The molecule has 0 radical (unpaired) electrons. The van der Waals surface area contributed by atoms with Crippen molar-refractivity contribution in [3.05, 3.63) is 58.7 Å². The number of nitrogens with one attached hydrogen (secondary N) is 1. The van der Waals surface area contributed by atoms with Gasteiger partial charge in [-0.1, -0.05) is 18.2 Å². The summed E-state index contributed by atoms with van der Waals surface area (Å²) in [5, 5.41) is 12.0. The molecule has 0 fully saturated rings. The van der Waals surface area contributed by atoms with Crippen LogP contribution >= 0.6 is 0 Å². The van der Waals surface area contributed by atoms with Crippen molar-refractivity contribution in [2.45, 2.75) is 20.5 Å². The Balaban J connectivity index is 2.31. The minimum absolute atomic E-state index is 0.116. The molecule has 7 heteroatoms. The lowest BCUT2D eigenvalue weighted by Crippen LogP contribution is -2.14. The lowest BCUT2D eigenvalue weighted by atomic mass is 10.1. The molecule has 0 aliphatic heterocycles. The van der Waals surface area contributed by atoms with Crippen LogP contribution in [0.1, 0.15) is 16.7 Å². The van der Waals surface area contributed by atoms with Gasteiger partial charge in [-0.05, 0) is 54.8 Å². The second-order valence-corrected chi connectivity index (χ2v) is 5.66. The third kappa shape index (κ3) is 5.05. The summed E-state index contributed by atoms with van der Waals surface area (Å²) in [7, 11) is 1.32. The molecule has 0 heterocycles. The quantitative estimate of drug-likeness (QED) is 0.600. The molecule has 0 atom stereocenters. The second kappa shape index (κ2) is 8.81. The number of nitriles is 1. The number of anilines is 1. The number of hydrogen-bond acceptors (Lipinski definition) is 4. The summed E-state index contributed by atoms with van der Waals surface area (Å²) in [6.07, 6.45) is 1.29. The molecule has 0 spiro atoms. The van der Waals surface area contributed by atoms with Crippen molar-refractivity contribution in [3.63, 3.8) is 0 Å². The first-order valence-corrected chi connectivity index (χ1v) is 7.98. The van der Waals surface area contributed by atoms with Crippen molar-refractivity contribution in [3.8, 4) is 17.6 Å². The SMILES string of the molecule is COc1ccc(/C=C(\C#N)C(=O)Nc2cccc(C)c2C)cc1OC(F)F. The largest absolute Gasteiger partial charge is 0.493 e. The summed E-state index contributed by atoms with van der Waals surface area (Å²) in [6.45, 7) is 0.743. The molecule has 0 saturated carbocycles. The predicted octanol–water partition coefficient (Wildman–Crippen LogP) is 4.46. The number of halogens is 2. The molecule has 1 N–H and O–H groups in total. The topological polar surface area (TPSA) is 71.3 Å². The Kier molecular flexibility index (Phi) is 6.50. The average molecular weight is 372 g/mol. The Bertz CT molecular complexity index is 918. The van der Waals surface area contributed by atoms with E-state index in [1.54, 1.807) is 12.1 Å². The van der Waals surface area contributed by atoms with Gasteiger partial charge in [0.25, 0.3) is 5.91 Å². The molecule has 27 heavy (non-hydrogen) atoms. The summed E-state index contributed by atoms with van der Waals surface area (Å²) in [4.78, 5) is 12.4. The first-order valence-electron chi connectivity index (χ1n) is 7.98. The number of carbonyl (C=O) groups excluding carboxylic acids is 1. The zero-order chi connectivity index (χ0) is 20.0. The van der Waals surface area contributed by atoms with Crippen molar-refractivity contribution in [2.24, 2.45) is 0 Å². The number of ether oxygens (including phenoxy) is 2. The van der Waals surface area contributed by atoms with Gasteiger partial charge in [0.05, 0.1) is 7.11 Å². The summed E-state index contributed by atoms with van der Waals surface area (Å²) in [5.41, 5.74) is 2.65. The number of aryl methyl sites for hydroxylation is 1. The minimum atomic E-state index is -3.03. The van der Waals surface area contributed by atoms with Crippen LogP contribution in [-0.2, 0) is 4.79 Å². The summed E-state index contributed by atoms with van der Waals surface area (Å²) in [6, 6.07) is 11.5. The Morgan fingerprint density at radius 3 is 2.59 bits per heavy atom. The fourth-order valence-corrected chi connectivity index (χ4v) is 2.36. The number of methoxy groups -OCH3 is 1. The minimum Gasteiger partial charge on any atom is -0.493 e. The van der Waals surface area contributed by atoms with Crippen molar-refractivity contribution in [2.75, 3.05) is 12.4 Å². The van der Waals surface area contributed by atoms with Crippen LogP contribution in [-0.4, -0.2) is 19.6 Å². The van der Waals surface area contributed by atoms with Crippen LogP contribution in [0.3, 0.4) is 0 Å². The normalized spacial score (nSPS) is 11.1. The van der Waals surface area contributed by atoms with Gasteiger partial charge in [-0.2, -0.15) is 14.0 Å². The highest BCUT2D eigenvalue weighted by Gasteiger charge is 2.14. The van der Waals surface area contributed by atoms with Gasteiger partial charge >= 0.3 is 6.61 Å². The molecular weight excluding hydrogens is 354 g/mol. The molecule has 2 aromatic carbocycles. The van der Waals surface area contributed by atoms with E-state index >= 15 is 0 Å².